The Morgan fingerprint density at radius 3 is 2.52 bits per heavy atom. The maximum absolute atomic E-state index is 4.47. The number of hydrogen-bond acceptors (Lipinski definition) is 3. The maximum Gasteiger partial charge on any atom is 0.135 e. The van der Waals surface area contributed by atoms with Gasteiger partial charge in [-0.05, 0) is 33.6 Å². The molecule has 21 heavy (non-hydrogen) atoms. The summed E-state index contributed by atoms with van der Waals surface area (Å²) in [4.78, 5) is 8.86. The van der Waals surface area contributed by atoms with Crippen molar-refractivity contribution in [3.63, 3.8) is 0 Å². The SMILES string of the molecule is Cn1ccnc1[C@H](Nc1ccc(Br)cn1)c1ccccc1. The van der Waals surface area contributed by atoms with Crippen LogP contribution in [-0.4, -0.2) is 14.5 Å². The van der Waals surface area contributed by atoms with Crippen LogP contribution in [0.25, 0.3) is 0 Å². The van der Waals surface area contributed by atoms with Gasteiger partial charge in [0.25, 0.3) is 0 Å². The number of aryl methyl sites for hydroxylation is 1. The maximum atomic E-state index is 4.47. The highest BCUT2D eigenvalue weighted by atomic mass is 79.9. The van der Waals surface area contributed by atoms with Gasteiger partial charge in [-0.3, -0.25) is 0 Å². The van der Waals surface area contributed by atoms with Gasteiger partial charge in [-0.2, -0.15) is 0 Å². The molecule has 1 N–H and O–H groups in total. The molecule has 0 aliphatic rings. The van der Waals surface area contributed by atoms with E-state index < -0.39 is 0 Å². The van der Waals surface area contributed by atoms with Crippen LogP contribution < -0.4 is 5.32 Å². The second-order valence-electron chi connectivity index (χ2n) is 4.75. The van der Waals surface area contributed by atoms with Gasteiger partial charge in [0.2, 0.25) is 0 Å². The first-order valence-electron chi connectivity index (χ1n) is 6.64. The Hall–Kier alpha value is -2.14. The Bertz CT molecular complexity index is 707. The van der Waals surface area contributed by atoms with Crippen LogP contribution >= 0.6 is 15.9 Å². The van der Waals surface area contributed by atoms with E-state index in [1.807, 2.05) is 54.3 Å². The van der Waals surface area contributed by atoms with Crippen molar-refractivity contribution in [1.82, 2.24) is 14.5 Å². The van der Waals surface area contributed by atoms with Crippen molar-refractivity contribution in [3.05, 3.63) is 76.9 Å². The molecule has 0 unspecified atom stereocenters. The van der Waals surface area contributed by atoms with Gasteiger partial charge in [0.05, 0.1) is 0 Å². The molecule has 3 rings (SSSR count). The first-order chi connectivity index (χ1) is 10.2. The zero-order valence-corrected chi connectivity index (χ0v) is 13.2. The molecule has 0 radical (unpaired) electrons. The third kappa shape index (κ3) is 3.13. The molecule has 2 aromatic heterocycles. The lowest BCUT2D eigenvalue weighted by Crippen LogP contribution is -2.17. The largest absolute Gasteiger partial charge is 0.356 e. The predicted molar refractivity (Wildman–Crippen MR) is 87.1 cm³/mol. The van der Waals surface area contributed by atoms with Crippen molar-refractivity contribution in [2.45, 2.75) is 6.04 Å². The summed E-state index contributed by atoms with van der Waals surface area (Å²) < 4.78 is 2.98. The van der Waals surface area contributed by atoms with Gasteiger partial charge in [-0.25, -0.2) is 9.97 Å². The van der Waals surface area contributed by atoms with E-state index in [9.17, 15) is 0 Å². The summed E-state index contributed by atoms with van der Waals surface area (Å²) in [7, 11) is 2.00. The highest BCUT2D eigenvalue weighted by Gasteiger charge is 2.18. The number of benzene rings is 1. The van der Waals surface area contributed by atoms with Crippen molar-refractivity contribution >= 4 is 21.7 Å². The molecular formula is C16H15BrN4. The van der Waals surface area contributed by atoms with Gasteiger partial charge in [0.1, 0.15) is 17.7 Å². The third-order valence-corrected chi connectivity index (χ3v) is 3.74. The molecular weight excluding hydrogens is 328 g/mol. The van der Waals surface area contributed by atoms with E-state index in [2.05, 4.69) is 43.3 Å². The van der Waals surface area contributed by atoms with E-state index in [4.69, 9.17) is 0 Å². The molecule has 106 valence electrons. The average Bonchev–Trinajstić information content (AvgIpc) is 2.93. The van der Waals surface area contributed by atoms with Crippen LogP contribution in [0.15, 0.2) is 65.5 Å². The van der Waals surface area contributed by atoms with Gasteiger partial charge in [-0.1, -0.05) is 30.3 Å². The summed E-state index contributed by atoms with van der Waals surface area (Å²) in [5.41, 5.74) is 1.15. The molecule has 0 aliphatic carbocycles. The second-order valence-corrected chi connectivity index (χ2v) is 5.66. The molecule has 0 bridgehead atoms. The minimum absolute atomic E-state index is 0.0418. The molecule has 3 aromatic rings. The van der Waals surface area contributed by atoms with E-state index in [0.29, 0.717) is 0 Å². The zero-order valence-electron chi connectivity index (χ0n) is 11.6. The topological polar surface area (TPSA) is 42.7 Å². The Morgan fingerprint density at radius 1 is 1.10 bits per heavy atom. The number of pyridine rings is 1. The number of imidazole rings is 1. The zero-order chi connectivity index (χ0) is 14.7. The molecule has 0 spiro atoms. The van der Waals surface area contributed by atoms with Crippen LogP contribution in [0.4, 0.5) is 5.82 Å². The first-order valence-corrected chi connectivity index (χ1v) is 7.43. The van der Waals surface area contributed by atoms with E-state index in [-0.39, 0.29) is 6.04 Å². The molecule has 0 aliphatic heterocycles. The Morgan fingerprint density at radius 2 is 1.90 bits per heavy atom. The fraction of sp³-hybridized carbons (Fsp3) is 0.125. The van der Waals surface area contributed by atoms with Crippen LogP contribution in [0.5, 0.6) is 0 Å². The Balaban J connectivity index is 1.97. The van der Waals surface area contributed by atoms with Crippen LogP contribution in [-0.2, 0) is 7.05 Å². The van der Waals surface area contributed by atoms with E-state index in [0.717, 1.165) is 21.7 Å². The highest BCUT2D eigenvalue weighted by Crippen LogP contribution is 2.24. The number of anilines is 1. The highest BCUT2D eigenvalue weighted by molar-refractivity contribution is 9.10. The summed E-state index contributed by atoms with van der Waals surface area (Å²) in [6.45, 7) is 0. The Kier molecular flexibility index (Phi) is 4.01. The van der Waals surface area contributed by atoms with Gasteiger partial charge in [-0.15, -0.1) is 0 Å². The van der Waals surface area contributed by atoms with Crippen molar-refractivity contribution in [2.24, 2.45) is 7.05 Å². The first kappa shape index (κ1) is 13.8. The van der Waals surface area contributed by atoms with E-state index >= 15 is 0 Å². The van der Waals surface area contributed by atoms with Crippen molar-refractivity contribution in [1.29, 1.82) is 0 Å². The van der Waals surface area contributed by atoms with Gasteiger partial charge in [0, 0.05) is 30.1 Å². The van der Waals surface area contributed by atoms with Crippen molar-refractivity contribution in [3.8, 4) is 0 Å². The molecule has 2 heterocycles. The predicted octanol–water partition coefficient (Wildman–Crippen LogP) is 3.78. The quantitative estimate of drug-likeness (QED) is 0.784. The smallest absolute Gasteiger partial charge is 0.135 e. The van der Waals surface area contributed by atoms with Gasteiger partial charge < -0.3 is 9.88 Å². The fourth-order valence-corrected chi connectivity index (χ4v) is 2.44. The molecule has 0 fully saturated rings. The lowest BCUT2D eigenvalue weighted by molar-refractivity contribution is 0.745. The number of nitrogens with one attached hydrogen (secondary N) is 1. The number of rotatable bonds is 4. The summed E-state index contributed by atoms with van der Waals surface area (Å²) in [6, 6.07) is 14.1. The standard InChI is InChI=1S/C16H15BrN4/c1-21-10-9-18-16(21)15(12-5-3-2-4-6-12)20-14-8-7-13(17)11-19-14/h2-11,15H,1H3,(H,19,20)/t15-/m1/s1. The van der Waals surface area contributed by atoms with E-state index in [1.165, 1.54) is 0 Å². The number of aromatic nitrogens is 3. The fourth-order valence-electron chi connectivity index (χ4n) is 2.21. The van der Waals surface area contributed by atoms with Crippen LogP contribution in [0.3, 0.4) is 0 Å². The lowest BCUT2D eigenvalue weighted by atomic mass is 10.1. The van der Waals surface area contributed by atoms with Crippen LogP contribution in [0.2, 0.25) is 0 Å². The molecule has 0 amide bonds. The van der Waals surface area contributed by atoms with Crippen LogP contribution in [0.1, 0.15) is 17.4 Å². The number of hydrogen-bond donors (Lipinski definition) is 1. The molecule has 1 atom stereocenters. The monoisotopic (exact) mass is 342 g/mol. The number of nitrogens with zero attached hydrogens (tertiary/aromatic N) is 3. The lowest BCUT2D eigenvalue weighted by Gasteiger charge is -2.19. The van der Waals surface area contributed by atoms with Crippen LogP contribution in [0, 0.1) is 0 Å². The van der Waals surface area contributed by atoms with Crippen molar-refractivity contribution in [2.75, 3.05) is 5.32 Å². The van der Waals surface area contributed by atoms with Crippen molar-refractivity contribution < 1.29 is 0 Å². The normalized spacial score (nSPS) is 12.1. The molecule has 0 saturated heterocycles. The van der Waals surface area contributed by atoms with Gasteiger partial charge >= 0.3 is 0 Å². The van der Waals surface area contributed by atoms with Gasteiger partial charge in [0.15, 0.2) is 0 Å². The number of halogens is 1. The average molecular weight is 343 g/mol. The molecule has 4 nitrogen and oxygen atoms in total. The second kappa shape index (κ2) is 6.10. The summed E-state index contributed by atoms with van der Waals surface area (Å²) in [5, 5.41) is 3.45. The van der Waals surface area contributed by atoms with E-state index in [1.54, 1.807) is 6.20 Å². The summed E-state index contributed by atoms with van der Waals surface area (Å²) in [6.07, 6.45) is 5.53. The molecule has 0 saturated carbocycles. The molecule has 1 aromatic carbocycles. The molecule has 5 heteroatoms. The minimum atomic E-state index is -0.0418. The minimum Gasteiger partial charge on any atom is -0.356 e. The summed E-state index contributed by atoms with van der Waals surface area (Å²) >= 11 is 3.40. The third-order valence-electron chi connectivity index (χ3n) is 3.27. The summed E-state index contributed by atoms with van der Waals surface area (Å²) in [5.74, 6) is 1.76. The Labute approximate surface area is 132 Å².